The van der Waals surface area contributed by atoms with Crippen molar-refractivity contribution < 1.29 is 4.74 Å². The fourth-order valence-corrected chi connectivity index (χ4v) is 1.99. The van der Waals surface area contributed by atoms with E-state index in [0.717, 1.165) is 29.4 Å². The first-order chi connectivity index (χ1) is 9.60. The average molecular weight is 271 g/mol. The Kier molecular flexibility index (Phi) is 4.56. The molecule has 1 heterocycles. The van der Waals surface area contributed by atoms with Gasteiger partial charge in [-0.3, -0.25) is 0 Å². The van der Waals surface area contributed by atoms with Crippen molar-refractivity contribution in [1.29, 1.82) is 0 Å². The molecular weight excluding hydrogens is 250 g/mol. The Balaban J connectivity index is 2.12. The van der Waals surface area contributed by atoms with Crippen molar-refractivity contribution in [2.24, 2.45) is 0 Å². The van der Waals surface area contributed by atoms with E-state index in [1.54, 1.807) is 0 Å². The molecule has 1 aromatic heterocycles. The summed E-state index contributed by atoms with van der Waals surface area (Å²) in [6, 6.07) is 7.99. The van der Waals surface area contributed by atoms with Gasteiger partial charge in [0.25, 0.3) is 0 Å². The molecule has 2 aromatic rings. The van der Waals surface area contributed by atoms with Gasteiger partial charge in [0.1, 0.15) is 18.2 Å². The zero-order chi connectivity index (χ0) is 14.5. The Morgan fingerprint density at radius 3 is 2.70 bits per heavy atom. The van der Waals surface area contributed by atoms with E-state index in [9.17, 15) is 0 Å². The summed E-state index contributed by atoms with van der Waals surface area (Å²) < 4.78 is 5.84. The fourth-order valence-electron chi connectivity index (χ4n) is 1.99. The molecule has 1 aromatic carbocycles. The third-order valence-corrected chi connectivity index (χ3v) is 3.17. The van der Waals surface area contributed by atoms with Crippen molar-refractivity contribution in [3.63, 3.8) is 0 Å². The second kappa shape index (κ2) is 6.37. The monoisotopic (exact) mass is 271 g/mol. The van der Waals surface area contributed by atoms with E-state index in [4.69, 9.17) is 4.74 Å². The number of ether oxygens (including phenoxy) is 1. The summed E-state index contributed by atoms with van der Waals surface area (Å²) in [5.74, 6) is 2.43. The number of benzene rings is 1. The Morgan fingerprint density at radius 2 is 1.95 bits per heavy atom. The molecule has 0 aliphatic carbocycles. The van der Waals surface area contributed by atoms with E-state index in [1.165, 1.54) is 5.56 Å². The van der Waals surface area contributed by atoms with Crippen molar-refractivity contribution in [2.75, 3.05) is 11.9 Å². The van der Waals surface area contributed by atoms with Crippen LogP contribution < -0.4 is 10.1 Å². The van der Waals surface area contributed by atoms with Crippen LogP contribution in [0, 0.1) is 20.8 Å². The lowest BCUT2D eigenvalue weighted by atomic mass is 10.1. The molecule has 0 fully saturated rings. The lowest BCUT2D eigenvalue weighted by Crippen LogP contribution is -2.07. The van der Waals surface area contributed by atoms with Crippen molar-refractivity contribution in [2.45, 2.75) is 34.3 Å². The highest BCUT2D eigenvalue weighted by molar-refractivity contribution is 5.38. The summed E-state index contributed by atoms with van der Waals surface area (Å²) in [7, 11) is 0. The third-order valence-electron chi connectivity index (χ3n) is 3.17. The van der Waals surface area contributed by atoms with Gasteiger partial charge in [-0.15, -0.1) is 0 Å². The summed E-state index contributed by atoms with van der Waals surface area (Å²) in [4.78, 5) is 8.85. The molecule has 0 amide bonds. The molecule has 0 bridgehead atoms. The van der Waals surface area contributed by atoms with Crippen LogP contribution in [0.3, 0.4) is 0 Å². The van der Waals surface area contributed by atoms with Gasteiger partial charge in [0.15, 0.2) is 5.82 Å². The highest BCUT2D eigenvalue weighted by atomic mass is 16.5. The molecule has 0 unspecified atom stereocenters. The maximum Gasteiger partial charge on any atom is 0.168 e. The molecular formula is C16H21N3O. The van der Waals surface area contributed by atoms with Gasteiger partial charge in [-0.2, -0.15) is 0 Å². The minimum atomic E-state index is 0.379. The van der Waals surface area contributed by atoms with E-state index >= 15 is 0 Å². The first kappa shape index (κ1) is 14.3. The minimum absolute atomic E-state index is 0.379. The zero-order valence-corrected chi connectivity index (χ0v) is 12.5. The number of hydrogen-bond donors (Lipinski definition) is 1. The van der Waals surface area contributed by atoms with Crippen molar-refractivity contribution in [1.82, 2.24) is 9.97 Å². The zero-order valence-electron chi connectivity index (χ0n) is 12.5. The Labute approximate surface area is 120 Å². The second-order valence-electron chi connectivity index (χ2n) is 4.83. The molecule has 0 aliphatic rings. The molecule has 4 nitrogen and oxygen atoms in total. The fraction of sp³-hybridized carbons (Fsp3) is 0.375. The van der Waals surface area contributed by atoms with Gasteiger partial charge < -0.3 is 10.1 Å². The minimum Gasteiger partial charge on any atom is -0.485 e. The number of nitrogens with zero attached hydrogens (tertiary/aromatic N) is 2. The van der Waals surface area contributed by atoms with Gasteiger partial charge in [0.05, 0.1) is 0 Å². The number of rotatable bonds is 5. The van der Waals surface area contributed by atoms with Crippen molar-refractivity contribution >= 4 is 5.82 Å². The van der Waals surface area contributed by atoms with Gasteiger partial charge in [-0.1, -0.05) is 12.1 Å². The summed E-state index contributed by atoms with van der Waals surface area (Å²) >= 11 is 0. The van der Waals surface area contributed by atoms with Gasteiger partial charge in [0, 0.05) is 18.3 Å². The van der Waals surface area contributed by atoms with Crippen LogP contribution in [-0.2, 0) is 6.61 Å². The maximum absolute atomic E-state index is 5.84. The molecule has 0 saturated heterocycles. The van der Waals surface area contributed by atoms with Crippen LogP contribution >= 0.6 is 0 Å². The van der Waals surface area contributed by atoms with Crippen LogP contribution in [0.2, 0.25) is 0 Å². The van der Waals surface area contributed by atoms with Crippen LogP contribution in [0.25, 0.3) is 0 Å². The van der Waals surface area contributed by atoms with Crippen LogP contribution in [0.15, 0.2) is 24.3 Å². The summed E-state index contributed by atoms with van der Waals surface area (Å²) in [6.45, 7) is 9.37. The van der Waals surface area contributed by atoms with Crippen LogP contribution in [0.5, 0.6) is 5.75 Å². The predicted octanol–water partition coefficient (Wildman–Crippen LogP) is 3.41. The molecule has 0 radical (unpaired) electrons. The predicted molar refractivity (Wildman–Crippen MR) is 81.2 cm³/mol. The molecule has 4 heteroatoms. The van der Waals surface area contributed by atoms with Crippen LogP contribution in [0.1, 0.15) is 29.6 Å². The van der Waals surface area contributed by atoms with E-state index in [0.29, 0.717) is 12.4 Å². The van der Waals surface area contributed by atoms with Crippen LogP contribution in [0.4, 0.5) is 5.82 Å². The Hall–Kier alpha value is -2.10. The molecule has 0 atom stereocenters. The summed E-state index contributed by atoms with van der Waals surface area (Å²) in [6.07, 6.45) is 0. The van der Waals surface area contributed by atoms with E-state index < -0.39 is 0 Å². The molecule has 0 saturated carbocycles. The smallest absolute Gasteiger partial charge is 0.168 e. The first-order valence-electron chi connectivity index (χ1n) is 6.87. The van der Waals surface area contributed by atoms with Crippen molar-refractivity contribution in [3.05, 3.63) is 46.9 Å². The molecule has 106 valence electrons. The SMILES string of the molecule is CCNc1cc(C)nc(COc2cccc(C)c2C)n1. The largest absolute Gasteiger partial charge is 0.485 e. The van der Waals surface area contributed by atoms with E-state index in [1.807, 2.05) is 32.0 Å². The number of hydrogen-bond acceptors (Lipinski definition) is 4. The van der Waals surface area contributed by atoms with E-state index in [-0.39, 0.29) is 0 Å². The highest BCUT2D eigenvalue weighted by Crippen LogP contribution is 2.21. The molecule has 0 aliphatic heterocycles. The molecule has 1 N–H and O–H groups in total. The van der Waals surface area contributed by atoms with Crippen LogP contribution in [-0.4, -0.2) is 16.5 Å². The Morgan fingerprint density at radius 1 is 1.15 bits per heavy atom. The maximum atomic E-state index is 5.84. The van der Waals surface area contributed by atoms with Gasteiger partial charge in [-0.25, -0.2) is 9.97 Å². The summed E-state index contributed by atoms with van der Waals surface area (Å²) in [5, 5.41) is 3.20. The van der Waals surface area contributed by atoms with Gasteiger partial charge >= 0.3 is 0 Å². The molecule has 0 spiro atoms. The highest BCUT2D eigenvalue weighted by Gasteiger charge is 2.05. The topological polar surface area (TPSA) is 47.0 Å². The van der Waals surface area contributed by atoms with Gasteiger partial charge in [-0.05, 0) is 44.9 Å². The third kappa shape index (κ3) is 3.47. The number of aryl methyl sites for hydroxylation is 2. The average Bonchev–Trinajstić information content (AvgIpc) is 2.40. The second-order valence-corrected chi connectivity index (χ2v) is 4.83. The van der Waals surface area contributed by atoms with E-state index in [2.05, 4.69) is 35.2 Å². The Bertz CT molecular complexity index is 596. The standard InChI is InChI=1S/C16H21N3O/c1-5-17-15-9-12(3)18-16(19-15)10-20-14-8-6-7-11(2)13(14)4/h6-9H,5,10H2,1-4H3,(H,17,18,19). The number of aromatic nitrogens is 2. The first-order valence-corrected chi connectivity index (χ1v) is 6.87. The number of anilines is 1. The van der Waals surface area contributed by atoms with Gasteiger partial charge in [0.2, 0.25) is 0 Å². The lowest BCUT2D eigenvalue weighted by molar-refractivity contribution is 0.293. The normalized spacial score (nSPS) is 10.4. The number of nitrogens with one attached hydrogen (secondary N) is 1. The van der Waals surface area contributed by atoms with Crippen molar-refractivity contribution in [3.8, 4) is 5.75 Å². The summed E-state index contributed by atoms with van der Waals surface area (Å²) in [5.41, 5.74) is 3.32. The lowest BCUT2D eigenvalue weighted by Gasteiger charge is -2.11. The molecule has 2 rings (SSSR count). The molecule has 20 heavy (non-hydrogen) atoms. The quantitative estimate of drug-likeness (QED) is 0.905.